The van der Waals surface area contributed by atoms with Crippen LogP contribution in [0.15, 0.2) is 30.3 Å². The first-order chi connectivity index (χ1) is 8.49. The van der Waals surface area contributed by atoms with Crippen molar-refractivity contribution in [3.8, 4) is 11.3 Å². The standard InChI is InChI=1S/C13H10FNO2S/c1-7-6-8(2-4-10(7)14)11-5-3-9(13(16)17)12(18)15-11/h2-6H,1H3,(H,15,18)(H,16,17). The summed E-state index contributed by atoms with van der Waals surface area (Å²) in [7, 11) is 0. The van der Waals surface area contributed by atoms with Gasteiger partial charge in [-0.15, -0.1) is 0 Å². The monoisotopic (exact) mass is 263 g/mol. The Morgan fingerprint density at radius 3 is 2.61 bits per heavy atom. The number of carbonyl (C=O) groups is 1. The molecule has 1 aromatic heterocycles. The third kappa shape index (κ3) is 2.31. The fourth-order valence-corrected chi connectivity index (χ4v) is 1.89. The summed E-state index contributed by atoms with van der Waals surface area (Å²) >= 11 is 4.96. The lowest BCUT2D eigenvalue weighted by molar-refractivity contribution is 0.0696. The lowest BCUT2D eigenvalue weighted by Crippen LogP contribution is -1.99. The number of aromatic carboxylic acids is 1. The van der Waals surface area contributed by atoms with Crippen LogP contribution < -0.4 is 0 Å². The lowest BCUT2D eigenvalue weighted by Gasteiger charge is -2.05. The second kappa shape index (κ2) is 4.70. The smallest absolute Gasteiger partial charge is 0.338 e. The largest absolute Gasteiger partial charge is 0.478 e. The van der Waals surface area contributed by atoms with E-state index in [2.05, 4.69) is 4.98 Å². The van der Waals surface area contributed by atoms with Gasteiger partial charge in [-0.25, -0.2) is 9.18 Å². The molecule has 0 atom stereocenters. The molecule has 0 aliphatic rings. The van der Waals surface area contributed by atoms with Gasteiger partial charge in [0.25, 0.3) is 0 Å². The van der Waals surface area contributed by atoms with Crippen LogP contribution in [-0.4, -0.2) is 16.1 Å². The maximum Gasteiger partial charge on any atom is 0.338 e. The van der Waals surface area contributed by atoms with Crippen LogP contribution in [0.3, 0.4) is 0 Å². The number of hydrogen-bond donors (Lipinski definition) is 2. The summed E-state index contributed by atoms with van der Waals surface area (Å²) in [5.74, 6) is -1.35. The second-order valence-corrected chi connectivity index (χ2v) is 4.29. The van der Waals surface area contributed by atoms with E-state index in [0.29, 0.717) is 11.3 Å². The van der Waals surface area contributed by atoms with Crippen LogP contribution in [0.2, 0.25) is 0 Å². The van der Waals surface area contributed by atoms with E-state index >= 15 is 0 Å². The number of benzene rings is 1. The molecule has 0 fully saturated rings. The molecule has 0 bridgehead atoms. The molecule has 2 N–H and O–H groups in total. The molecule has 18 heavy (non-hydrogen) atoms. The van der Waals surface area contributed by atoms with Gasteiger partial charge in [0.15, 0.2) is 0 Å². The molecule has 3 nitrogen and oxygen atoms in total. The molecule has 0 unspecified atom stereocenters. The van der Waals surface area contributed by atoms with E-state index in [9.17, 15) is 9.18 Å². The molecule has 2 aromatic rings. The molecule has 0 spiro atoms. The highest BCUT2D eigenvalue weighted by Gasteiger charge is 2.07. The third-order valence-corrected chi connectivity index (χ3v) is 2.93. The van der Waals surface area contributed by atoms with Crippen LogP contribution in [0.5, 0.6) is 0 Å². The minimum Gasteiger partial charge on any atom is -0.478 e. The Bertz CT molecular complexity index is 679. The molecule has 5 heteroatoms. The number of aromatic nitrogens is 1. The molecule has 0 radical (unpaired) electrons. The zero-order valence-corrected chi connectivity index (χ0v) is 10.3. The van der Waals surface area contributed by atoms with Crippen LogP contribution in [-0.2, 0) is 0 Å². The van der Waals surface area contributed by atoms with Gasteiger partial charge < -0.3 is 10.1 Å². The number of carboxylic acids is 1. The van der Waals surface area contributed by atoms with Gasteiger partial charge in [0.2, 0.25) is 0 Å². The van der Waals surface area contributed by atoms with Crippen LogP contribution in [0.25, 0.3) is 11.3 Å². The van der Waals surface area contributed by atoms with E-state index in [0.717, 1.165) is 5.56 Å². The number of aryl methyl sites for hydroxylation is 1. The Kier molecular flexibility index (Phi) is 3.25. The maximum absolute atomic E-state index is 13.2. The van der Waals surface area contributed by atoms with E-state index in [1.165, 1.54) is 12.1 Å². The number of hydrogen-bond acceptors (Lipinski definition) is 2. The van der Waals surface area contributed by atoms with Gasteiger partial charge >= 0.3 is 5.97 Å². The van der Waals surface area contributed by atoms with Gasteiger partial charge in [0.05, 0.1) is 5.56 Å². The van der Waals surface area contributed by atoms with E-state index in [-0.39, 0.29) is 16.0 Å². The molecule has 92 valence electrons. The quantitative estimate of drug-likeness (QED) is 0.814. The lowest BCUT2D eigenvalue weighted by atomic mass is 10.1. The van der Waals surface area contributed by atoms with Gasteiger partial charge in [0.1, 0.15) is 10.5 Å². The van der Waals surface area contributed by atoms with Crippen LogP contribution in [0, 0.1) is 17.4 Å². The normalized spacial score (nSPS) is 10.3. The second-order valence-electron chi connectivity index (χ2n) is 3.88. The predicted octanol–water partition coefficient (Wildman–Crippen LogP) is 3.56. The van der Waals surface area contributed by atoms with Gasteiger partial charge in [-0.2, -0.15) is 0 Å². The maximum atomic E-state index is 13.2. The van der Waals surface area contributed by atoms with Crippen LogP contribution in [0.4, 0.5) is 4.39 Å². The van der Waals surface area contributed by atoms with Crippen molar-refractivity contribution in [1.29, 1.82) is 0 Å². The van der Waals surface area contributed by atoms with E-state index in [4.69, 9.17) is 17.3 Å². The summed E-state index contributed by atoms with van der Waals surface area (Å²) in [5, 5.41) is 8.87. The van der Waals surface area contributed by atoms with Crippen molar-refractivity contribution < 1.29 is 14.3 Å². The van der Waals surface area contributed by atoms with Crippen molar-refractivity contribution in [1.82, 2.24) is 4.98 Å². The summed E-state index contributed by atoms with van der Waals surface area (Å²) in [6.45, 7) is 1.67. The molecule has 0 aliphatic carbocycles. The van der Waals surface area contributed by atoms with Gasteiger partial charge in [-0.3, -0.25) is 0 Å². The third-order valence-electron chi connectivity index (χ3n) is 2.61. The van der Waals surface area contributed by atoms with E-state index in [1.807, 2.05) is 0 Å². The first kappa shape index (κ1) is 12.4. The Hall–Kier alpha value is -2.01. The van der Waals surface area contributed by atoms with Gasteiger partial charge in [-0.1, -0.05) is 12.2 Å². The summed E-state index contributed by atoms with van der Waals surface area (Å²) < 4.78 is 13.3. The average Bonchev–Trinajstić information content (AvgIpc) is 2.32. The number of aromatic amines is 1. The zero-order chi connectivity index (χ0) is 13.3. The predicted molar refractivity (Wildman–Crippen MR) is 68.7 cm³/mol. The molecule has 0 aliphatic heterocycles. The summed E-state index contributed by atoms with van der Waals surface area (Å²) in [6.07, 6.45) is 0. The Morgan fingerprint density at radius 2 is 2.06 bits per heavy atom. The number of halogens is 1. The highest BCUT2D eigenvalue weighted by molar-refractivity contribution is 7.71. The number of rotatable bonds is 2. The zero-order valence-electron chi connectivity index (χ0n) is 9.53. The molecule has 0 saturated carbocycles. The van der Waals surface area contributed by atoms with Crippen molar-refractivity contribution in [3.63, 3.8) is 0 Å². The topological polar surface area (TPSA) is 53.1 Å². The van der Waals surface area contributed by atoms with Crippen molar-refractivity contribution >= 4 is 18.2 Å². The SMILES string of the molecule is Cc1cc(-c2ccc(C(=O)O)c(=S)[nH]2)ccc1F. The van der Waals surface area contributed by atoms with Gasteiger partial charge in [0, 0.05) is 5.69 Å². The molecule has 0 saturated heterocycles. The molecule has 0 amide bonds. The van der Waals surface area contributed by atoms with Crippen molar-refractivity contribution in [2.24, 2.45) is 0 Å². The molecular formula is C13H10FNO2S. The number of carboxylic acid groups (broad SMARTS) is 1. The molecule has 2 rings (SSSR count). The first-order valence-electron chi connectivity index (χ1n) is 5.22. The van der Waals surface area contributed by atoms with E-state index < -0.39 is 5.97 Å². The highest BCUT2D eigenvalue weighted by Crippen LogP contribution is 2.20. The number of nitrogens with one attached hydrogen (secondary N) is 1. The van der Waals surface area contributed by atoms with Gasteiger partial charge in [-0.05, 0) is 48.4 Å². The molecule has 1 aromatic carbocycles. The minimum absolute atomic E-state index is 0.0487. The minimum atomic E-state index is -1.07. The Balaban J connectivity index is 2.52. The fourth-order valence-electron chi connectivity index (χ4n) is 1.62. The Morgan fingerprint density at radius 1 is 1.33 bits per heavy atom. The first-order valence-corrected chi connectivity index (χ1v) is 5.63. The summed E-state index contributed by atoms with van der Waals surface area (Å²) in [5.41, 5.74) is 1.99. The molecular weight excluding hydrogens is 253 g/mol. The number of H-pyrrole nitrogens is 1. The fraction of sp³-hybridized carbons (Fsp3) is 0.0769. The van der Waals surface area contributed by atoms with Crippen LogP contribution in [0.1, 0.15) is 15.9 Å². The van der Waals surface area contributed by atoms with Crippen molar-refractivity contribution in [3.05, 3.63) is 51.9 Å². The summed E-state index contributed by atoms with van der Waals surface area (Å²) in [6, 6.07) is 7.72. The summed E-state index contributed by atoms with van der Waals surface area (Å²) in [4.78, 5) is 13.7. The highest BCUT2D eigenvalue weighted by atomic mass is 32.1. The molecule has 1 heterocycles. The number of pyridine rings is 1. The van der Waals surface area contributed by atoms with Crippen molar-refractivity contribution in [2.75, 3.05) is 0 Å². The van der Waals surface area contributed by atoms with Crippen LogP contribution >= 0.6 is 12.2 Å². The Labute approximate surface area is 108 Å². The van der Waals surface area contributed by atoms with Crippen molar-refractivity contribution in [2.45, 2.75) is 6.92 Å². The average molecular weight is 263 g/mol. The van der Waals surface area contributed by atoms with E-state index in [1.54, 1.807) is 25.1 Å².